The molecule has 0 heterocycles. The number of para-hydroxylation sites is 1. The normalized spacial score (nSPS) is 8.88. The Balaban J connectivity index is 2.71. The van der Waals surface area contributed by atoms with E-state index in [2.05, 4.69) is 11.4 Å². The van der Waals surface area contributed by atoms with E-state index in [0.29, 0.717) is 11.3 Å². The number of carbonyl (C=O) groups is 1. The van der Waals surface area contributed by atoms with Crippen LogP contribution in [0.5, 0.6) is 0 Å². The number of nitrogens with one attached hydrogen (secondary N) is 1. The number of nitriles is 2. The lowest BCUT2D eigenvalue weighted by molar-refractivity contribution is -0.119. The van der Waals surface area contributed by atoms with Gasteiger partial charge < -0.3 is 10.2 Å². The van der Waals surface area contributed by atoms with Crippen LogP contribution >= 0.6 is 0 Å². The summed E-state index contributed by atoms with van der Waals surface area (Å²) in [5, 5.41) is 19.7. The maximum absolute atomic E-state index is 11.4. The minimum atomic E-state index is -0.248. The molecule has 0 atom stereocenters. The van der Waals surface area contributed by atoms with Gasteiger partial charge in [0, 0.05) is 7.05 Å². The molecule has 0 aliphatic rings. The van der Waals surface area contributed by atoms with Gasteiger partial charge in [0.25, 0.3) is 0 Å². The largest absolute Gasteiger partial charge is 0.364 e. The number of nitrogens with zero attached hydrogens (tertiary/aromatic N) is 3. The Kier molecular flexibility index (Phi) is 4.53. The number of rotatable bonds is 4. The minimum absolute atomic E-state index is 0.00737. The number of benzene rings is 1. The molecule has 86 valence electrons. The third kappa shape index (κ3) is 3.51. The van der Waals surface area contributed by atoms with Gasteiger partial charge in [-0.3, -0.25) is 4.79 Å². The van der Waals surface area contributed by atoms with E-state index in [0.717, 1.165) is 0 Å². The molecular formula is C12H12N4O. The fraction of sp³-hybridized carbons (Fsp3) is 0.250. The summed E-state index contributed by atoms with van der Waals surface area (Å²) in [6, 6.07) is 10.9. The quantitative estimate of drug-likeness (QED) is 0.767. The minimum Gasteiger partial charge on any atom is -0.364 e. The van der Waals surface area contributed by atoms with Crippen molar-refractivity contribution in [3.63, 3.8) is 0 Å². The van der Waals surface area contributed by atoms with Crippen LogP contribution in [0.25, 0.3) is 0 Å². The van der Waals surface area contributed by atoms with Gasteiger partial charge in [-0.1, -0.05) is 12.1 Å². The average Bonchev–Trinajstić information content (AvgIpc) is 2.36. The Bertz CT molecular complexity index is 484. The van der Waals surface area contributed by atoms with Gasteiger partial charge in [-0.05, 0) is 12.1 Å². The zero-order valence-electron chi connectivity index (χ0n) is 9.47. The summed E-state index contributed by atoms with van der Waals surface area (Å²) < 4.78 is 0. The smallest absolute Gasteiger partial charge is 0.240 e. The highest BCUT2D eigenvalue weighted by Crippen LogP contribution is 2.17. The van der Waals surface area contributed by atoms with Gasteiger partial charge in [0.15, 0.2) is 0 Å². The second-order valence-corrected chi connectivity index (χ2v) is 3.42. The Morgan fingerprint density at radius 2 is 2.12 bits per heavy atom. The van der Waals surface area contributed by atoms with Crippen molar-refractivity contribution >= 4 is 11.6 Å². The molecule has 0 aromatic heterocycles. The number of hydrogen-bond donors (Lipinski definition) is 1. The van der Waals surface area contributed by atoms with Crippen LogP contribution in [0.3, 0.4) is 0 Å². The molecule has 5 heteroatoms. The Morgan fingerprint density at radius 1 is 1.41 bits per heavy atom. The molecule has 1 aromatic rings. The van der Waals surface area contributed by atoms with E-state index < -0.39 is 0 Å². The van der Waals surface area contributed by atoms with Crippen LogP contribution in [0.4, 0.5) is 5.69 Å². The Hall–Kier alpha value is -2.53. The molecule has 0 aliphatic carbocycles. The van der Waals surface area contributed by atoms with Gasteiger partial charge in [0.05, 0.1) is 23.9 Å². The van der Waals surface area contributed by atoms with Crippen molar-refractivity contribution in [3.05, 3.63) is 29.8 Å². The molecule has 17 heavy (non-hydrogen) atoms. The third-order valence-electron chi connectivity index (χ3n) is 2.18. The molecule has 0 saturated carbocycles. The van der Waals surface area contributed by atoms with E-state index in [1.807, 2.05) is 6.07 Å². The van der Waals surface area contributed by atoms with Gasteiger partial charge >= 0.3 is 0 Å². The fourth-order valence-corrected chi connectivity index (χ4v) is 1.40. The van der Waals surface area contributed by atoms with Gasteiger partial charge in [-0.25, -0.2) is 0 Å². The van der Waals surface area contributed by atoms with Crippen LogP contribution in [-0.2, 0) is 4.79 Å². The highest BCUT2D eigenvalue weighted by atomic mass is 16.2. The highest BCUT2D eigenvalue weighted by molar-refractivity contribution is 5.82. The van der Waals surface area contributed by atoms with E-state index in [1.54, 1.807) is 36.2 Å². The molecule has 0 saturated heterocycles. The Morgan fingerprint density at radius 3 is 2.76 bits per heavy atom. The molecule has 0 bridgehead atoms. The first kappa shape index (κ1) is 12.5. The van der Waals surface area contributed by atoms with Gasteiger partial charge in [-0.15, -0.1) is 0 Å². The number of amides is 1. The van der Waals surface area contributed by atoms with Crippen LogP contribution in [-0.4, -0.2) is 26.0 Å². The van der Waals surface area contributed by atoms with Gasteiger partial charge in [0.1, 0.15) is 12.6 Å². The lowest BCUT2D eigenvalue weighted by Crippen LogP contribution is -2.35. The summed E-state index contributed by atoms with van der Waals surface area (Å²) >= 11 is 0. The molecule has 1 amide bonds. The molecule has 0 unspecified atom stereocenters. The predicted octanol–water partition coefficient (Wildman–Crippen LogP) is 0.634. The molecule has 5 nitrogen and oxygen atoms in total. The number of hydrogen-bond acceptors (Lipinski definition) is 4. The number of carbonyl (C=O) groups excluding carboxylic acids is 1. The number of likely N-dealkylation sites (N-methyl/N-ethyl adjacent to an activating group) is 1. The second-order valence-electron chi connectivity index (χ2n) is 3.42. The summed E-state index contributed by atoms with van der Waals surface area (Å²) in [5.41, 5.74) is 1.21. The summed E-state index contributed by atoms with van der Waals surface area (Å²) in [7, 11) is 1.72. The second kappa shape index (κ2) is 6.14. The zero-order chi connectivity index (χ0) is 12.7. The molecule has 1 rings (SSSR count). The van der Waals surface area contributed by atoms with Crippen molar-refractivity contribution < 1.29 is 4.79 Å². The summed E-state index contributed by atoms with van der Waals surface area (Å²) in [6.07, 6.45) is 0. The SMILES string of the molecule is CN(CC(=O)NCC#N)c1ccccc1C#N. The van der Waals surface area contributed by atoms with Crippen LogP contribution in [0.1, 0.15) is 5.56 Å². The molecule has 1 N–H and O–H groups in total. The first-order chi connectivity index (χ1) is 8.19. The van der Waals surface area contributed by atoms with E-state index >= 15 is 0 Å². The number of anilines is 1. The molecule has 0 aliphatic heterocycles. The topological polar surface area (TPSA) is 79.9 Å². The molecule has 0 fully saturated rings. The fourth-order valence-electron chi connectivity index (χ4n) is 1.40. The first-order valence-corrected chi connectivity index (χ1v) is 5.03. The van der Waals surface area contributed by atoms with E-state index in [-0.39, 0.29) is 19.0 Å². The average molecular weight is 228 g/mol. The molecular weight excluding hydrogens is 216 g/mol. The molecule has 1 aromatic carbocycles. The highest BCUT2D eigenvalue weighted by Gasteiger charge is 2.09. The van der Waals surface area contributed by atoms with Crippen molar-refractivity contribution in [1.82, 2.24) is 5.32 Å². The van der Waals surface area contributed by atoms with Crippen molar-refractivity contribution in [1.29, 1.82) is 10.5 Å². The summed E-state index contributed by atoms with van der Waals surface area (Å²) in [4.78, 5) is 13.1. The van der Waals surface area contributed by atoms with E-state index in [9.17, 15) is 4.79 Å². The maximum atomic E-state index is 11.4. The molecule has 0 spiro atoms. The van der Waals surface area contributed by atoms with Crippen LogP contribution < -0.4 is 10.2 Å². The maximum Gasteiger partial charge on any atom is 0.240 e. The Labute approximate surface area is 99.9 Å². The predicted molar refractivity (Wildman–Crippen MR) is 63.0 cm³/mol. The van der Waals surface area contributed by atoms with Crippen molar-refractivity contribution in [2.75, 3.05) is 25.0 Å². The van der Waals surface area contributed by atoms with E-state index in [4.69, 9.17) is 10.5 Å². The molecule has 0 radical (unpaired) electrons. The van der Waals surface area contributed by atoms with E-state index in [1.165, 1.54) is 0 Å². The first-order valence-electron chi connectivity index (χ1n) is 5.03. The monoisotopic (exact) mass is 228 g/mol. The lowest BCUT2D eigenvalue weighted by Gasteiger charge is -2.19. The summed E-state index contributed by atoms with van der Waals surface area (Å²) in [5.74, 6) is -0.248. The lowest BCUT2D eigenvalue weighted by atomic mass is 10.2. The van der Waals surface area contributed by atoms with Gasteiger partial charge in [0.2, 0.25) is 5.91 Å². The van der Waals surface area contributed by atoms with Crippen molar-refractivity contribution in [3.8, 4) is 12.1 Å². The van der Waals surface area contributed by atoms with Crippen LogP contribution in [0.2, 0.25) is 0 Å². The standard InChI is InChI=1S/C12H12N4O/c1-16(9-12(17)15-7-6-13)11-5-3-2-4-10(11)8-14/h2-5H,7,9H2,1H3,(H,15,17). The zero-order valence-corrected chi connectivity index (χ0v) is 9.47. The van der Waals surface area contributed by atoms with Gasteiger partial charge in [-0.2, -0.15) is 10.5 Å². The van der Waals surface area contributed by atoms with Crippen molar-refractivity contribution in [2.24, 2.45) is 0 Å². The summed E-state index contributed by atoms with van der Waals surface area (Å²) in [6.45, 7) is 0.104. The van der Waals surface area contributed by atoms with Crippen LogP contribution in [0, 0.1) is 22.7 Å². The van der Waals surface area contributed by atoms with Crippen LogP contribution in [0.15, 0.2) is 24.3 Å². The third-order valence-corrected chi connectivity index (χ3v) is 2.18. The van der Waals surface area contributed by atoms with Crippen molar-refractivity contribution in [2.45, 2.75) is 0 Å².